The number of carbonyl (C=O) groups is 2. The summed E-state index contributed by atoms with van der Waals surface area (Å²) in [6.45, 7) is 0.685. The third kappa shape index (κ3) is 6.32. The monoisotopic (exact) mass is 521 g/mol. The van der Waals surface area contributed by atoms with Gasteiger partial charge in [-0.2, -0.15) is 0 Å². The lowest BCUT2D eigenvalue weighted by Gasteiger charge is -2.13. The molecule has 2 aromatic carbocycles. The first-order chi connectivity index (χ1) is 14.9. The zero-order valence-corrected chi connectivity index (χ0v) is 19.9. The van der Waals surface area contributed by atoms with Gasteiger partial charge in [0.2, 0.25) is 0 Å². The molecule has 0 spiro atoms. The van der Waals surface area contributed by atoms with E-state index in [0.717, 1.165) is 15.6 Å². The fourth-order valence-corrected chi connectivity index (χ4v) is 4.67. The number of thiocarbonyl (C=S) groups is 1. The number of hydrogen-bond acceptors (Lipinski definition) is 6. The molecule has 162 valence electrons. The van der Waals surface area contributed by atoms with Gasteiger partial charge in [0.25, 0.3) is 5.91 Å². The lowest BCUT2D eigenvalue weighted by molar-refractivity contribution is -0.137. The molecule has 1 N–H and O–H groups in total. The molecule has 0 radical (unpaired) electrons. The molecule has 1 heterocycles. The van der Waals surface area contributed by atoms with Crippen LogP contribution in [0.2, 0.25) is 0 Å². The Bertz CT molecular complexity index is 1040. The molecule has 1 amide bonds. The molecule has 0 aliphatic carbocycles. The summed E-state index contributed by atoms with van der Waals surface area (Å²) in [7, 11) is 1.56. The van der Waals surface area contributed by atoms with Gasteiger partial charge in [-0.15, -0.1) is 0 Å². The molecule has 0 bridgehead atoms. The fraction of sp³-hybridized carbons (Fsp3) is 0.227. The average Bonchev–Trinajstić information content (AvgIpc) is 2.99. The molecule has 1 saturated heterocycles. The van der Waals surface area contributed by atoms with E-state index in [2.05, 4.69) is 15.9 Å². The van der Waals surface area contributed by atoms with Gasteiger partial charge in [0.05, 0.1) is 12.0 Å². The lowest BCUT2D eigenvalue weighted by atomic mass is 10.1. The molecule has 9 heteroatoms. The smallest absolute Gasteiger partial charge is 0.303 e. The third-order valence-electron chi connectivity index (χ3n) is 4.41. The fourth-order valence-electron chi connectivity index (χ4n) is 2.91. The number of carboxylic acid groups (broad SMARTS) is 1. The number of thioether (sulfide) groups is 1. The summed E-state index contributed by atoms with van der Waals surface area (Å²) in [5, 5.41) is 8.78. The maximum atomic E-state index is 12.6. The molecule has 0 unspecified atom stereocenters. The number of hydrogen-bond donors (Lipinski definition) is 1. The first-order valence-corrected chi connectivity index (χ1v) is 11.4. The van der Waals surface area contributed by atoms with Crippen molar-refractivity contribution < 1.29 is 24.2 Å². The van der Waals surface area contributed by atoms with Gasteiger partial charge >= 0.3 is 5.97 Å². The average molecular weight is 522 g/mol. The van der Waals surface area contributed by atoms with Crippen molar-refractivity contribution in [3.8, 4) is 11.5 Å². The summed E-state index contributed by atoms with van der Waals surface area (Å²) in [5.74, 6) is 0.0474. The largest absolute Gasteiger partial charge is 0.493 e. The number of amides is 1. The number of aliphatic carboxylic acids is 1. The van der Waals surface area contributed by atoms with E-state index < -0.39 is 5.97 Å². The molecule has 1 fully saturated rings. The summed E-state index contributed by atoms with van der Waals surface area (Å²) >= 11 is 9.93. The molecule has 0 atom stereocenters. The van der Waals surface area contributed by atoms with Crippen molar-refractivity contribution >= 4 is 62.2 Å². The quantitative estimate of drug-likeness (QED) is 0.363. The van der Waals surface area contributed by atoms with E-state index in [1.165, 1.54) is 16.7 Å². The minimum atomic E-state index is -0.893. The molecule has 0 saturated carbocycles. The summed E-state index contributed by atoms with van der Waals surface area (Å²) in [5.41, 5.74) is 1.80. The highest BCUT2D eigenvalue weighted by Gasteiger charge is 2.31. The van der Waals surface area contributed by atoms with Crippen molar-refractivity contribution in [2.75, 3.05) is 13.7 Å². The number of rotatable bonds is 9. The summed E-state index contributed by atoms with van der Waals surface area (Å²) < 4.78 is 12.8. The maximum Gasteiger partial charge on any atom is 0.303 e. The molecule has 6 nitrogen and oxygen atoms in total. The van der Waals surface area contributed by atoms with E-state index in [9.17, 15) is 9.59 Å². The lowest BCUT2D eigenvalue weighted by Crippen LogP contribution is -2.29. The highest BCUT2D eigenvalue weighted by Crippen LogP contribution is 2.35. The van der Waals surface area contributed by atoms with Gasteiger partial charge in [0.1, 0.15) is 10.9 Å². The van der Waals surface area contributed by atoms with Gasteiger partial charge in [0, 0.05) is 17.4 Å². The van der Waals surface area contributed by atoms with Gasteiger partial charge in [-0.1, -0.05) is 58.1 Å². The molecule has 0 aromatic heterocycles. The summed E-state index contributed by atoms with van der Waals surface area (Å²) in [6, 6.07) is 13.3. The van der Waals surface area contributed by atoms with Crippen LogP contribution in [0, 0.1) is 0 Å². The van der Waals surface area contributed by atoms with Crippen molar-refractivity contribution in [3.63, 3.8) is 0 Å². The highest BCUT2D eigenvalue weighted by atomic mass is 79.9. The summed E-state index contributed by atoms with van der Waals surface area (Å²) in [6.07, 6.45) is 2.10. The predicted octanol–water partition coefficient (Wildman–Crippen LogP) is 5.10. The van der Waals surface area contributed by atoms with Crippen molar-refractivity contribution in [2.45, 2.75) is 19.4 Å². The number of methoxy groups -OCH3 is 1. The van der Waals surface area contributed by atoms with Crippen molar-refractivity contribution in [1.29, 1.82) is 0 Å². The van der Waals surface area contributed by atoms with Gasteiger partial charge in [0.15, 0.2) is 11.5 Å². The van der Waals surface area contributed by atoms with E-state index >= 15 is 0 Å². The standard InChI is InChI=1S/C22H20BrNO5S2/c1-28-18-11-14(7-8-17(18)29-13-15-4-2-5-16(23)10-15)12-19-21(27)24(22(30)31-19)9-3-6-20(25)26/h2,4-5,7-8,10-12H,3,6,9,13H2,1H3,(H,25,26)/b19-12+. The van der Waals surface area contributed by atoms with Crippen LogP contribution in [0.1, 0.15) is 24.0 Å². The number of carbonyl (C=O) groups excluding carboxylic acids is 1. The normalized spacial score (nSPS) is 14.9. The van der Waals surface area contributed by atoms with Crippen LogP contribution in [0.3, 0.4) is 0 Å². The molecular weight excluding hydrogens is 502 g/mol. The molecule has 31 heavy (non-hydrogen) atoms. The van der Waals surface area contributed by atoms with Gasteiger partial charge in [-0.3, -0.25) is 14.5 Å². The number of carboxylic acids is 1. The number of ether oxygens (including phenoxy) is 2. The topological polar surface area (TPSA) is 76.1 Å². The first kappa shape index (κ1) is 23.3. The Morgan fingerprint density at radius 2 is 2.06 bits per heavy atom. The van der Waals surface area contributed by atoms with Crippen LogP contribution < -0.4 is 9.47 Å². The number of halogens is 1. The van der Waals surface area contributed by atoms with Gasteiger partial charge in [-0.25, -0.2) is 0 Å². The van der Waals surface area contributed by atoms with Gasteiger partial charge < -0.3 is 14.6 Å². The zero-order chi connectivity index (χ0) is 22.4. The number of nitrogens with zero attached hydrogens (tertiary/aromatic N) is 1. The Morgan fingerprint density at radius 1 is 1.26 bits per heavy atom. The summed E-state index contributed by atoms with van der Waals surface area (Å²) in [4.78, 5) is 25.3. The van der Waals surface area contributed by atoms with E-state index in [1.54, 1.807) is 25.3 Å². The Balaban J connectivity index is 1.70. The van der Waals surface area contributed by atoms with Crippen LogP contribution in [0.5, 0.6) is 11.5 Å². The first-order valence-electron chi connectivity index (χ1n) is 9.40. The van der Waals surface area contributed by atoms with Crippen LogP contribution in [0.25, 0.3) is 6.08 Å². The molecule has 2 aromatic rings. The van der Waals surface area contributed by atoms with Crippen molar-refractivity contribution in [2.24, 2.45) is 0 Å². The molecular formula is C22H20BrNO5S2. The van der Waals surface area contributed by atoms with E-state index in [0.29, 0.717) is 40.3 Å². The molecule has 1 aliphatic heterocycles. The van der Waals surface area contributed by atoms with Crippen LogP contribution in [0.15, 0.2) is 51.8 Å². The van der Waals surface area contributed by atoms with Crippen molar-refractivity contribution in [3.05, 3.63) is 63.0 Å². The molecule has 3 rings (SSSR count). The Hall–Kier alpha value is -2.36. The van der Waals surface area contributed by atoms with E-state index in [4.69, 9.17) is 26.8 Å². The second-order valence-electron chi connectivity index (χ2n) is 6.66. The Morgan fingerprint density at radius 3 is 2.77 bits per heavy atom. The highest BCUT2D eigenvalue weighted by molar-refractivity contribution is 9.10. The second kappa shape index (κ2) is 10.8. The third-order valence-corrected chi connectivity index (χ3v) is 6.29. The SMILES string of the molecule is COc1cc(/C=C2/SC(=S)N(CCCC(=O)O)C2=O)ccc1OCc1cccc(Br)c1. The van der Waals surface area contributed by atoms with Crippen LogP contribution in [-0.4, -0.2) is 39.9 Å². The number of benzene rings is 2. The second-order valence-corrected chi connectivity index (χ2v) is 9.25. The van der Waals surface area contributed by atoms with Crippen LogP contribution in [-0.2, 0) is 16.2 Å². The van der Waals surface area contributed by atoms with Crippen LogP contribution >= 0.6 is 39.9 Å². The van der Waals surface area contributed by atoms with E-state index in [-0.39, 0.29) is 12.3 Å². The van der Waals surface area contributed by atoms with Gasteiger partial charge in [-0.05, 0) is 47.9 Å². The van der Waals surface area contributed by atoms with Crippen molar-refractivity contribution in [1.82, 2.24) is 4.90 Å². The van der Waals surface area contributed by atoms with Crippen LogP contribution in [0.4, 0.5) is 0 Å². The zero-order valence-electron chi connectivity index (χ0n) is 16.7. The Kier molecular flexibility index (Phi) is 8.11. The predicted molar refractivity (Wildman–Crippen MR) is 128 cm³/mol. The maximum absolute atomic E-state index is 12.6. The Labute approximate surface area is 198 Å². The molecule has 1 aliphatic rings. The minimum absolute atomic E-state index is 0.00526. The van der Waals surface area contributed by atoms with E-state index in [1.807, 2.05) is 30.3 Å². The minimum Gasteiger partial charge on any atom is -0.493 e.